The van der Waals surface area contributed by atoms with E-state index in [-0.39, 0.29) is 0 Å². The summed E-state index contributed by atoms with van der Waals surface area (Å²) in [5, 5.41) is 4.30. The third kappa shape index (κ3) is 4.22. The zero-order valence-corrected chi connectivity index (χ0v) is 13.1. The van der Waals surface area contributed by atoms with Crippen LogP contribution < -0.4 is 9.47 Å². The standard InChI is InChI=1S/C12H14N2O2S3/c1-14-12(17)19-11(13-14)18-8-7-16-10-5-3-9(15-2)4-6-10/h3-6H,7-8H2,1-2H3. The summed E-state index contributed by atoms with van der Waals surface area (Å²) < 4.78 is 14.2. The molecule has 2 aromatic rings. The highest BCUT2D eigenvalue weighted by molar-refractivity contribution is 8.01. The minimum absolute atomic E-state index is 0.632. The molecule has 0 amide bonds. The highest BCUT2D eigenvalue weighted by Gasteiger charge is 2.02. The van der Waals surface area contributed by atoms with Gasteiger partial charge in [0.1, 0.15) is 11.5 Å². The second kappa shape index (κ2) is 6.93. The van der Waals surface area contributed by atoms with Gasteiger partial charge in [0.15, 0.2) is 8.29 Å². The van der Waals surface area contributed by atoms with Crippen molar-refractivity contribution in [2.45, 2.75) is 4.34 Å². The van der Waals surface area contributed by atoms with Crippen LogP contribution >= 0.6 is 35.3 Å². The van der Waals surface area contributed by atoms with E-state index < -0.39 is 0 Å². The van der Waals surface area contributed by atoms with Crippen LogP contribution in [-0.4, -0.2) is 29.3 Å². The van der Waals surface area contributed by atoms with Crippen LogP contribution in [0.3, 0.4) is 0 Å². The van der Waals surface area contributed by atoms with E-state index in [0.29, 0.717) is 6.61 Å². The molecule has 0 aliphatic rings. The van der Waals surface area contributed by atoms with Crippen LogP contribution in [0.25, 0.3) is 0 Å². The largest absolute Gasteiger partial charge is 0.497 e. The molecule has 0 aliphatic heterocycles. The van der Waals surface area contributed by atoms with Gasteiger partial charge in [-0.3, -0.25) is 0 Å². The molecule has 0 aliphatic carbocycles. The summed E-state index contributed by atoms with van der Waals surface area (Å²) >= 11 is 8.29. The first kappa shape index (κ1) is 14.4. The van der Waals surface area contributed by atoms with Gasteiger partial charge in [0.2, 0.25) is 0 Å². The van der Waals surface area contributed by atoms with Crippen LogP contribution in [0.4, 0.5) is 0 Å². The lowest BCUT2D eigenvalue weighted by atomic mass is 10.3. The minimum Gasteiger partial charge on any atom is -0.497 e. The van der Waals surface area contributed by atoms with Crippen molar-refractivity contribution >= 4 is 35.3 Å². The summed E-state index contributed by atoms with van der Waals surface area (Å²) in [5.41, 5.74) is 0. The van der Waals surface area contributed by atoms with Crippen LogP contribution in [0.1, 0.15) is 0 Å². The van der Waals surface area contributed by atoms with E-state index in [1.54, 1.807) is 23.6 Å². The van der Waals surface area contributed by atoms with Crippen LogP contribution in [0.2, 0.25) is 0 Å². The van der Waals surface area contributed by atoms with Gasteiger partial charge < -0.3 is 9.47 Å². The van der Waals surface area contributed by atoms with Gasteiger partial charge in [-0.15, -0.1) is 0 Å². The van der Waals surface area contributed by atoms with Gasteiger partial charge in [0.25, 0.3) is 0 Å². The molecule has 0 spiro atoms. The first-order valence-electron chi connectivity index (χ1n) is 5.63. The van der Waals surface area contributed by atoms with Crippen LogP contribution in [-0.2, 0) is 7.05 Å². The number of methoxy groups -OCH3 is 1. The monoisotopic (exact) mass is 314 g/mol. The van der Waals surface area contributed by atoms with Gasteiger partial charge in [-0.1, -0.05) is 23.1 Å². The zero-order valence-electron chi connectivity index (χ0n) is 10.7. The molecule has 1 heterocycles. The number of hydrogen-bond donors (Lipinski definition) is 0. The lowest BCUT2D eigenvalue weighted by Gasteiger charge is -2.05. The molecule has 4 nitrogen and oxygen atoms in total. The molecule has 7 heteroatoms. The number of aryl methyl sites for hydroxylation is 1. The summed E-state index contributed by atoms with van der Waals surface area (Å²) in [7, 11) is 3.50. The molecule has 0 saturated heterocycles. The lowest BCUT2D eigenvalue weighted by Crippen LogP contribution is -2.00. The van der Waals surface area contributed by atoms with E-state index in [9.17, 15) is 0 Å². The number of hydrogen-bond acceptors (Lipinski definition) is 6. The Kier molecular flexibility index (Phi) is 5.24. The first-order chi connectivity index (χ1) is 9.19. The fourth-order valence-corrected chi connectivity index (χ4v) is 3.51. The zero-order chi connectivity index (χ0) is 13.7. The van der Waals surface area contributed by atoms with Crippen molar-refractivity contribution in [1.82, 2.24) is 9.78 Å². The maximum atomic E-state index is 5.63. The topological polar surface area (TPSA) is 36.3 Å². The van der Waals surface area contributed by atoms with Gasteiger partial charge in [-0.2, -0.15) is 5.10 Å². The number of benzene rings is 1. The summed E-state index contributed by atoms with van der Waals surface area (Å²) in [5.74, 6) is 2.51. The summed E-state index contributed by atoms with van der Waals surface area (Å²) in [6, 6.07) is 7.56. The van der Waals surface area contributed by atoms with Crippen molar-refractivity contribution in [3.8, 4) is 11.5 Å². The number of rotatable bonds is 6. The molecule has 0 radical (unpaired) electrons. The van der Waals surface area contributed by atoms with Gasteiger partial charge in [-0.05, 0) is 36.5 Å². The Hall–Kier alpha value is -1.05. The van der Waals surface area contributed by atoms with Crippen molar-refractivity contribution in [2.75, 3.05) is 19.5 Å². The maximum absolute atomic E-state index is 5.63. The quantitative estimate of drug-likeness (QED) is 0.464. The molecule has 1 aromatic carbocycles. The number of aromatic nitrogens is 2. The molecular formula is C12H14N2O2S3. The molecule has 19 heavy (non-hydrogen) atoms. The lowest BCUT2D eigenvalue weighted by molar-refractivity contribution is 0.342. The Bertz CT molecular complexity index is 577. The van der Waals surface area contributed by atoms with E-state index in [1.807, 2.05) is 31.3 Å². The molecule has 0 fully saturated rings. The average Bonchev–Trinajstić information content (AvgIpc) is 2.74. The minimum atomic E-state index is 0.632. The molecule has 0 unspecified atom stereocenters. The van der Waals surface area contributed by atoms with E-state index in [2.05, 4.69) is 5.10 Å². The van der Waals surface area contributed by atoms with Gasteiger partial charge in [0.05, 0.1) is 13.7 Å². The van der Waals surface area contributed by atoms with Crippen molar-refractivity contribution in [3.05, 3.63) is 28.2 Å². The van der Waals surface area contributed by atoms with E-state index in [4.69, 9.17) is 21.7 Å². The second-order valence-electron chi connectivity index (χ2n) is 3.63. The van der Waals surface area contributed by atoms with Crippen LogP contribution in [0.15, 0.2) is 28.6 Å². The highest BCUT2D eigenvalue weighted by atomic mass is 32.2. The fraction of sp³-hybridized carbons (Fsp3) is 0.333. The Morgan fingerprint density at radius 3 is 2.58 bits per heavy atom. The molecule has 0 saturated carbocycles. The van der Waals surface area contributed by atoms with E-state index in [1.165, 1.54) is 11.3 Å². The number of nitrogens with zero attached hydrogens (tertiary/aromatic N) is 2. The number of thioether (sulfide) groups is 1. The van der Waals surface area contributed by atoms with Crippen LogP contribution in [0.5, 0.6) is 11.5 Å². The first-order valence-corrected chi connectivity index (χ1v) is 7.84. The maximum Gasteiger partial charge on any atom is 0.179 e. The predicted molar refractivity (Wildman–Crippen MR) is 81.1 cm³/mol. The molecule has 0 N–H and O–H groups in total. The van der Waals surface area contributed by atoms with E-state index in [0.717, 1.165) is 25.5 Å². The van der Waals surface area contributed by atoms with Gasteiger partial charge in [0, 0.05) is 12.8 Å². The SMILES string of the molecule is COc1ccc(OCCSc2nn(C)c(=S)s2)cc1. The molecule has 1 aromatic heterocycles. The average molecular weight is 314 g/mol. The highest BCUT2D eigenvalue weighted by Crippen LogP contribution is 2.22. The third-order valence-corrected chi connectivity index (χ3v) is 4.82. The van der Waals surface area contributed by atoms with Crippen molar-refractivity contribution in [2.24, 2.45) is 7.05 Å². The van der Waals surface area contributed by atoms with Crippen LogP contribution in [0, 0.1) is 3.95 Å². The second-order valence-corrected chi connectivity index (χ2v) is 6.59. The van der Waals surface area contributed by atoms with Gasteiger partial charge >= 0.3 is 0 Å². The molecule has 0 bridgehead atoms. The molecule has 0 atom stereocenters. The molecule has 102 valence electrons. The van der Waals surface area contributed by atoms with Crippen molar-refractivity contribution < 1.29 is 9.47 Å². The van der Waals surface area contributed by atoms with Crippen molar-refractivity contribution in [3.63, 3.8) is 0 Å². The van der Waals surface area contributed by atoms with Gasteiger partial charge in [-0.25, -0.2) is 4.68 Å². The van der Waals surface area contributed by atoms with Crippen molar-refractivity contribution in [1.29, 1.82) is 0 Å². The number of ether oxygens (including phenoxy) is 2. The normalized spacial score (nSPS) is 10.4. The predicted octanol–water partition coefficient (Wildman–Crippen LogP) is 3.39. The summed E-state index contributed by atoms with van der Waals surface area (Å²) in [4.78, 5) is 0. The summed E-state index contributed by atoms with van der Waals surface area (Å²) in [6.45, 7) is 0.632. The molecular weight excluding hydrogens is 300 g/mol. The summed E-state index contributed by atoms with van der Waals surface area (Å²) in [6.07, 6.45) is 0. The molecule has 2 rings (SSSR count). The fourth-order valence-electron chi connectivity index (χ4n) is 1.34. The smallest absolute Gasteiger partial charge is 0.179 e. The Morgan fingerprint density at radius 2 is 2.00 bits per heavy atom. The van der Waals surface area contributed by atoms with E-state index >= 15 is 0 Å². The Balaban J connectivity index is 1.75. The Labute approximate surface area is 125 Å². The Morgan fingerprint density at radius 1 is 1.32 bits per heavy atom. The third-order valence-electron chi connectivity index (χ3n) is 2.31.